The highest BCUT2D eigenvalue weighted by Gasteiger charge is 2.35. The number of amides is 2. The van der Waals surface area contributed by atoms with Gasteiger partial charge < -0.3 is 20.1 Å². The molecule has 1 aliphatic carbocycles. The van der Waals surface area contributed by atoms with E-state index in [-0.39, 0.29) is 12.5 Å². The van der Waals surface area contributed by atoms with Crippen molar-refractivity contribution >= 4 is 18.0 Å². The molecule has 0 unspecified atom stereocenters. The number of carbonyl (C=O) groups excluding carboxylic acids is 2. The summed E-state index contributed by atoms with van der Waals surface area (Å²) in [5, 5.41) is 11.9. The van der Waals surface area contributed by atoms with E-state index in [9.17, 15) is 19.5 Å². The maximum atomic E-state index is 12.7. The highest BCUT2D eigenvalue weighted by molar-refractivity contribution is 5.89. The van der Waals surface area contributed by atoms with Gasteiger partial charge >= 0.3 is 12.1 Å². The zero-order chi connectivity index (χ0) is 22.0. The Bertz CT molecular complexity index is 959. The molecule has 1 heterocycles. The van der Waals surface area contributed by atoms with Crippen molar-refractivity contribution in [1.29, 1.82) is 0 Å². The number of benzene rings is 2. The number of fused-ring (bicyclic) bond motifs is 3. The van der Waals surface area contributed by atoms with Gasteiger partial charge in [0.05, 0.1) is 0 Å². The van der Waals surface area contributed by atoms with Gasteiger partial charge in [0.25, 0.3) is 0 Å². The third-order valence-electron chi connectivity index (χ3n) is 6.12. The molecule has 7 nitrogen and oxygen atoms in total. The quantitative estimate of drug-likeness (QED) is 0.770. The predicted molar refractivity (Wildman–Crippen MR) is 115 cm³/mol. The molecule has 4 rings (SSSR count). The van der Waals surface area contributed by atoms with Gasteiger partial charge in [0, 0.05) is 12.5 Å². The second-order valence-electron chi connectivity index (χ2n) is 8.07. The smallest absolute Gasteiger partial charge is 0.407 e. The fourth-order valence-electron chi connectivity index (χ4n) is 4.58. The SMILES string of the molecule is C[C@H](NC(=O)OCC1c2ccccc2-c2ccccc21)C(=O)N1CCCC[C@@H]1C(=O)O. The van der Waals surface area contributed by atoms with Gasteiger partial charge in [0.2, 0.25) is 5.91 Å². The van der Waals surface area contributed by atoms with Crippen LogP contribution in [-0.4, -0.2) is 53.2 Å². The number of piperidine rings is 1. The number of likely N-dealkylation sites (tertiary alicyclic amines) is 1. The molecule has 0 radical (unpaired) electrons. The van der Waals surface area contributed by atoms with Gasteiger partial charge in [-0.3, -0.25) is 4.79 Å². The van der Waals surface area contributed by atoms with Crippen LogP contribution in [0.3, 0.4) is 0 Å². The summed E-state index contributed by atoms with van der Waals surface area (Å²) in [5.74, 6) is -1.48. The van der Waals surface area contributed by atoms with E-state index in [4.69, 9.17) is 4.74 Å². The summed E-state index contributed by atoms with van der Waals surface area (Å²) in [6.07, 6.45) is 1.27. The summed E-state index contributed by atoms with van der Waals surface area (Å²) < 4.78 is 5.49. The lowest BCUT2D eigenvalue weighted by Crippen LogP contribution is -2.54. The molecule has 7 heteroatoms. The minimum Gasteiger partial charge on any atom is -0.480 e. The summed E-state index contributed by atoms with van der Waals surface area (Å²) in [6.45, 7) is 2.09. The average molecular weight is 422 g/mol. The van der Waals surface area contributed by atoms with Gasteiger partial charge in [0.1, 0.15) is 18.7 Å². The van der Waals surface area contributed by atoms with Crippen molar-refractivity contribution < 1.29 is 24.2 Å². The van der Waals surface area contributed by atoms with Crippen molar-refractivity contribution in [2.45, 2.75) is 44.2 Å². The fourth-order valence-corrected chi connectivity index (χ4v) is 4.58. The second kappa shape index (κ2) is 8.79. The molecule has 162 valence electrons. The van der Waals surface area contributed by atoms with Crippen molar-refractivity contribution in [3.05, 3.63) is 59.7 Å². The maximum absolute atomic E-state index is 12.7. The molecule has 2 aromatic rings. The van der Waals surface area contributed by atoms with Crippen LogP contribution >= 0.6 is 0 Å². The predicted octanol–water partition coefficient (Wildman–Crippen LogP) is 3.38. The number of carboxylic acid groups (broad SMARTS) is 1. The average Bonchev–Trinajstić information content (AvgIpc) is 3.11. The topological polar surface area (TPSA) is 95.9 Å². The maximum Gasteiger partial charge on any atom is 0.407 e. The van der Waals surface area contributed by atoms with E-state index in [1.165, 1.54) is 4.90 Å². The Labute approximate surface area is 181 Å². The number of ether oxygens (including phenoxy) is 1. The molecule has 0 bridgehead atoms. The molecular weight excluding hydrogens is 396 g/mol. The van der Waals surface area contributed by atoms with E-state index in [0.29, 0.717) is 13.0 Å². The summed E-state index contributed by atoms with van der Waals surface area (Å²) in [5.41, 5.74) is 4.50. The number of carbonyl (C=O) groups is 3. The van der Waals surface area contributed by atoms with Crippen LogP contribution in [0.25, 0.3) is 11.1 Å². The third kappa shape index (κ3) is 4.13. The van der Waals surface area contributed by atoms with Crippen molar-refractivity contribution in [3.8, 4) is 11.1 Å². The van der Waals surface area contributed by atoms with Gasteiger partial charge in [0.15, 0.2) is 0 Å². The minimum atomic E-state index is -1.01. The highest BCUT2D eigenvalue weighted by Crippen LogP contribution is 2.44. The van der Waals surface area contributed by atoms with Crippen molar-refractivity contribution in [1.82, 2.24) is 10.2 Å². The number of nitrogens with one attached hydrogen (secondary N) is 1. The summed E-state index contributed by atoms with van der Waals surface area (Å²) >= 11 is 0. The Kier molecular flexibility index (Phi) is 5.93. The Balaban J connectivity index is 1.38. The molecule has 0 saturated carbocycles. The number of nitrogens with zero attached hydrogens (tertiary/aromatic N) is 1. The molecule has 0 spiro atoms. The monoisotopic (exact) mass is 422 g/mol. The van der Waals surface area contributed by atoms with Gasteiger partial charge in [-0.15, -0.1) is 0 Å². The van der Waals surface area contributed by atoms with Gasteiger partial charge in [-0.1, -0.05) is 48.5 Å². The highest BCUT2D eigenvalue weighted by atomic mass is 16.5. The fraction of sp³-hybridized carbons (Fsp3) is 0.375. The van der Waals surface area contributed by atoms with E-state index in [1.807, 2.05) is 36.4 Å². The van der Waals surface area contributed by atoms with Crippen molar-refractivity contribution in [3.63, 3.8) is 0 Å². The van der Waals surface area contributed by atoms with Crippen molar-refractivity contribution in [2.24, 2.45) is 0 Å². The molecule has 2 amide bonds. The molecule has 0 aromatic heterocycles. The van der Waals surface area contributed by atoms with Crippen LogP contribution in [0.5, 0.6) is 0 Å². The van der Waals surface area contributed by atoms with Crippen LogP contribution in [0.4, 0.5) is 4.79 Å². The molecule has 1 fully saturated rings. The first-order chi connectivity index (χ1) is 15.0. The Hall–Kier alpha value is -3.35. The molecule has 2 aliphatic rings. The van der Waals surface area contributed by atoms with Crippen LogP contribution in [0.2, 0.25) is 0 Å². The molecule has 2 aromatic carbocycles. The van der Waals surface area contributed by atoms with E-state index in [0.717, 1.165) is 35.1 Å². The standard InChI is InChI=1S/C24H26N2O5/c1-15(22(27)26-13-7-6-12-21(26)23(28)29)25-24(30)31-14-20-18-10-4-2-8-16(18)17-9-3-5-11-19(17)20/h2-5,8-11,15,20-21H,6-7,12-14H2,1H3,(H,25,30)(H,28,29)/t15-,21+/m0/s1. The first-order valence-corrected chi connectivity index (χ1v) is 10.6. The summed E-state index contributed by atoms with van der Waals surface area (Å²) in [4.78, 5) is 38.0. The molecule has 2 atom stereocenters. The number of hydrogen-bond donors (Lipinski definition) is 2. The Morgan fingerprint density at radius 2 is 1.68 bits per heavy atom. The Morgan fingerprint density at radius 3 is 2.29 bits per heavy atom. The van der Waals surface area contributed by atoms with Crippen LogP contribution < -0.4 is 5.32 Å². The summed E-state index contributed by atoms with van der Waals surface area (Å²) in [6, 6.07) is 14.4. The minimum absolute atomic E-state index is 0.0670. The number of carboxylic acids is 1. The molecule has 31 heavy (non-hydrogen) atoms. The van der Waals surface area contributed by atoms with E-state index >= 15 is 0 Å². The number of rotatable bonds is 5. The Morgan fingerprint density at radius 1 is 1.06 bits per heavy atom. The van der Waals surface area contributed by atoms with Gasteiger partial charge in [-0.25, -0.2) is 9.59 Å². The molecular formula is C24H26N2O5. The lowest BCUT2D eigenvalue weighted by atomic mass is 9.98. The second-order valence-corrected chi connectivity index (χ2v) is 8.07. The molecule has 2 N–H and O–H groups in total. The van der Waals surface area contributed by atoms with E-state index in [2.05, 4.69) is 17.4 Å². The van der Waals surface area contributed by atoms with Crippen LogP contribution in [0.15, 0.2) is 48.5 Å². The first kappa shape index (κ1) is 20.9. The van der Waals surface area contributed by atoms with E-state index in [1.54, 1.807) is 6.92 Å². The zero-order valence-corrected chi connectivity index (χ0v) is 17.4. The lowest BCUT2D eigenvalue weighted by molar-refractivity contribution is -0.152. The van der Waals surface area contributed by atoms with Gasteiger partial charge in [-0.05, 0) is 48.4 Å². The first-order valence-electron chi connectivity index (χ1n) is 10.6. The zero-order valence-electron chi connectivity index (χ0n) is 17.4. The normalized spacial score (nSPS) is 18.6. The van der Waals surface area contributed by atoms with Crippen LogP contribution in [0.1, 0.15) is 43.2 Å². The third-order valence-corrected chi connectivity index (χ3v) is 6.12. The molecule has 1 saturated heterocycles. The summed E-state index contributed by atoms with van der Waals surface area (Å²) in [7, 11) is 0. The lowest BCUT2D eigenvalue weighted by Gasteiger charge is -2.34. The van der Waals surface area contributed by atoms with Crippen LogP contribution in [0, 0.1) is 0 Å². The largest absolute Gasteiger partial charge is 0.480 e. The molecule has 1 aliphatic heterocycles. The number of alkyl carbamates (subject to hydrolysis) is 1. The number of hydrogen-bond acceptors (Lipinski definition) is 4. The van der Waals surface area contributed by atoms with Crippen molar-refractivity contribution in [2.75, 3.05) is 13.2 Å². The number of aliphatic carboxylic acids is 1. The van der Waals surface area contributed by atoms with E-state index < -0.39 is 30.1 Å². The van der Waals surface area contributed by atoms with Crippen LogP contribution in [-0.2, 0) is 14.3 Å². The van der Waals surface area contributed by atoms with Gasteiger partial charge in [-0.2, -0.15) is 0 Å².